The van der Waals surface area contributed by atoms with E-state index in [1.807, 2.05) is 48.5 Å². The summed E-state index contributed by atoms with van der Waals surface area (Å²) in [5.41, 5.74) is 4.11. The first-order valence-electron chi connectivity index (χ1n) is 11.0. The number of amides is 2. The number of carbonyl (C=O) groups excluding carboxylic acids is 3. The van der Waals surface area contributed by atoms with Crippen LogP contribution in [-0.2, 0) is 27.2 Å². The van der Waals surface area contributed by atoms with E-state index in [-0.39, 0.29) is 17.6 Å². The third-order valence-corrected chi connectivity index (χ3v) is 6.72. The normalized spacial score (nSPS) is 12.2. The van der Waals surface area contributed by atoms with Crippen molar-refractivity contribution in [3.8, 4) is 0 Å². The van der Waals surface area contributed by atoms with Gasteiger partial charge in [0, 0.05) is 19.0 Å². The predicted octanol–water partition coefficient (Wildman–Crippen LogP) is 4.49. The lowest BCUT2D eigenvalue weighted by atomic mass is 10.0. The Morgan fingerprint density at radius 1 is 0.853 bits per heavy atom. The average Bonchev–Trinajstić information content (AvgIpc) is 3.02. The first kappa shape index (κ1) is 23.6. The minimum absolute atomic E-state index is 0.0538. The number of fused-ring (bicyclic) bond motifs is 2. The molecule has 0 saturated carbocycles. The van der Waals surface area contributed by atoms with E-state index in [1.165, 1.54) is 16.7 Å². The zero-order valence-corrected chi connectivity index (χ0v) is 20.0. The van der Waals surface area contributed by atoms with E-state index >= 15 is 0 Å². The highest BCUT2D eigenvalue weighted by Gasteiger charge is 2.26. The number of benzene rings is 3. The first-order valence-corrected chi connectivity index (χ1v) is 12.0. The van der Waals surface area contributed by atoms with Crippen molar-refractivity contribution < 1.29 is 19.1 Å². The number of thioether (sulfide) groups is 1. The average molecular weight is 475 g/mol. The van der Waals surface area contributed by atoms with Gasteiger partial charge in [0.25, 0.3) is 5.91 Å². The predicted molar refractivity (Wildman–Crippen MR) is 134 cm³/mol. The molecule has 0 spiro atoms. The molecule has 7 heteroatoms. The Labute approximate surface area is 203 Å². The summed E-state index contributed by atoms with van der Waals surface area (Å²) in [6.45, 7) is -0.392. The van der Waals surface area contributed by atoms with Crippen LogP contribution in [-0.4, -0.2) is 49.1 Å². The molecule has 0 unspecified atom stereocenters. The van der Waals surface area contributed by atoms with E-state index in [2.05, 4.69) is 0 Å². The van der Waals surface area contributed by atoms with Gasteiger partial charge in [0.15, 0.2) is 6.61 Å². The van der Waals surface area contributed by atoms with Crippen LogP contribution in [0.3, 0.4) is 0 Å². The Morgan fingerprint density at radius 2 is 1.41 bits per heavy atom. The van der Waals surface area contributed by atoms with Crippen LogP contribution in [0.5, 0.6) is 0 Å². The molecule has 174 valence electrons. The number of ether oxygens (including phenoxy) is 1. The van der Waals surface area contributed by atoms with Crippen LogP contribution in [0.1, 0.15) is 21.5 Å². The molecule has 2 amide bonds. The van der Waals surface area contributed by atoms with Crippen molar-refractivity contribution in [2.45, 2.75) is 17.7 Å². The molecule has 0 fully saturated rings. The molecule has 1 heterocycles. The van der Waals surface area contributed by atoms with E-state index in [4.69, 9.17) is 4.74 Å². The number of carbonyl (C=O) groups is 3. The fourth-order valence-electron chi connectivity index (χ4n) is 3.85. The zero-order chi connectivity index (χ0) is 24.1. The molecule has 1 aliphatic rings. The summed E-state index contributed by atoms with van der Waals surface area (Å²) in [4.78, 5) is 42.0. The van der Waals surface area contributed by atoms with Gasteiger partial charge < -0.3 is 9.64 Å². The van der Waals surface area contributed by atoms with Gasteiger partial charge in [-0.2, -0.15) is 0 Å². The van der Waals surface area contributed by atoms with Crippen LogP contribution in [0.25, 0.3) is 0 Å². The maximum absolute atomic E-state index is 13.4. The molecule has 0 N–H and O–H groups in total. The van der Waals surface area contributed by atoms with Gasteiger partial charge in [-0.3, -0.25) is 14.5 Å². The van der Waals surface area contributed by atoms with Crippen molar-refractivity contribution in [3.63, 3.8) is 0 Å². The van der Waals surface area contributed by atoms with E-state index in [0.717, 1.165) is 35.3 Å². The van der Waals surface area contributed by atoms with Gasteiger partial charge in [-0.25, -0.2) is 4.79 Å². The highest BCUT2D eigenvalue weighted by molar-refractivity contribution is 8.00. The summed E-state index contributed by atoms with van der Waals surface area (Å²) < 4.78 is 5.47. The molecule has 34 heavy (non-hydrogen) atoms. The second-order valence-corrected chi connectivity index (χ2v) is 9.15. The molecule has 0 atom stereocenters. The summed E-state index contributed by atoms with van der Waals surface area (Å²) in [5, 5.41) is 0. The molecular formula is C27H26N2O4S. The minimum atomic E-state index is -0.592. The van der Waals surface area contributed by atoms with Crippen LogP contribution in [0.4, 0.5) is 11.4 Å². The third-order valence-electron chi connectivity index (χ3n) is 5.66. The number of nitrogens with zero attached hydrogens (tertiary/aromatic N) is 2. The van der Waals surface area contributed by atoms with Crippen LogP contribution < -0.4 is 4.90 Å². The van der Waals surface area contributed by atoms with E-state index in [1.54, 1.807) is 43.3 Å². The Kier molecular flexibility index (Phi) is 7.33. The number of esters is 1. The lowest BCUT2D eigenvalue weighted by molar-refractivity contribution is -0.125. The molecule has 1 aliphatic heterocycles. The zero-order valence-electron chi connectivity index (χ0n) is 19.2. The number of para-hydroxylation sites is 2. The van der Waals surface area contributed by atoms with Crippen LogP contribution in [0, 0.1) is 0 Å². The highest BCUT2D eigenvalue weighted by Crippen LogP contribution is 2.36. The summed E-state index contributed by atoms with van der Waals surface area (Å²) >= 11 is 1.27. The molecule has 3 aromatic carbocycles. The molecule has 0 aromatic heterocycles. The van der Waals surface area contributed by atoms with E-state index < -0.39 is 12.6 Å². The maximum atomic E-state index is 13.4. The second-order valence-electron chi connectivity index (χ2n) is 8.14. The lowest BCUT2D eigenvalue weighted by Gasteiger charge is -2.24. The fourth-order valence-corrected chi connectivity index (χ4v) is 4.87. The van der Waals surface area contributed by atoms with Gasteiger partial charge in [0.2, 0.25) is 5.91 Å². The summed E-state index contributed by atoms with van der Waals surface area (Å²) in [5.74, 6) is -0.757. The second kappa shape index (κ2) is 10.6. The number of hydrogen-bond donors (Lipinski definition) is 0. The molecule has 0 aliphatic carbocycles. The topological polar surface area (TPSA) is 66.9 Å². The fraction of sp³-hybridized carbons (Fsp3) is 0.222. The van der Waals surface area contributed by atoms with Gasteiger partial charge in [-0.1, -0.05) is 48.5 Å². The van der Waals surface area contributed by atoms with Crippen molar-refractivity contribution in [1.82, 2.24) is 4.90 Å². The van der Waals surface area contributed by atoms with Crippen LogP contribution in [0.15, 0.2) is 77.7 Å². The third kappa shape index (κ3) is 5.15. The van der Waals surface area contributed by atoms with Crippen molar-refractivity contribution in [1.29, 1.82) is 0 Å². The number of aryl methyl sites for hydroxylation is 2. The van der Waals surface area contributed by atoms with Crippen LogP contribution >= 0.6 is 11.8 Å². The van der Waals surface area contributed by atoms with E-state index in [9.17, 15) is 14.4 Å². The quantitative estimate of drug-likeness (QED) is 0.389. The minimum Gasteiger partial charge on any atom is -0.452 e. The lowest BCUT2D eigenvalue weighted by Crippen LogP contribution is -2.31. The monoisotopic (exact) mass is 474 g/mol. The van der Waals surface area contributed by atoms with Crippen molar-refractivity contribution in [2.75, 3.05) is 31.4 Å². The first-order chi connectivity index (χ1) is 16.5. The van der Waals surface area contributed by atoms with Gasteiger partial charge in [-0.15, -0.1) is 11.8 Å². The Bertz CT molecular complexity index is 1180. The Morgan fingerprint density at radius 3 is 2.03 bits per heavy atom. The molecule has 4 rings (SSSR count). The van der Waals surface area contributed by atoms with Crippen molar-refractivity contribution >= 4 is 40.9 Å². The SMILES string of the molecule is CN(C)C(=O)CSc1ccccc1C(=O)OCC(=O)N1c2ccccc2CCc2ccccc21. The molecule has 0 bridgehead atoms. The van der Waals surface area contributed by atoms with Crippen LogP contribution in [0.2, 0.25) is 0 Å². The molecule has 0 radical (unpaired) electrons. The molecular weight excluding hydrogens is 448 g/mol. The Balaban J connectivity index is 1.52. The molecule has 3 aromatic rings. The summed E-state index contributed by atoms with van der Waals surface area (Å²) in [7, 11) is 3.38. The number of hydrogen-bond acceptors (Lipinski definition) is 5. The number of rotatable bonds is 6. The van der Waals surface area contributed by atoms with E-state index in [0.29, 0.717) is 10.5 Å². The number of anilines is 2. The molecule has 6 nitrogen and oxygen atoms in total. The maximum Gasteiger partial charge on any atom is 0.339 e. The standard InChI is InChI=1S/C27H26N2O4S/c1-28(2)26(31)18-34-24-14-8-5-11-21(24)27(32)33-17-25(30)29-22-12-6-3-9-19(22)15-16-20-10-4-7-13-23(20)29/h3-14H,15-18H2,1-2H3. The van der Waals surface area contributed by atoms with Gasteiger partial charge in [0.1, 0.15) is 0 Å². The molecule has 0 saturated heterocycles. The van der Waals surface area contributed by atoms with Gasteiger partial charge in [-0.05, 0) is 48.2 Å². The van der Waals surface area contributed by atoms with Gasteiger partial charge in [0.05, 0.1) is 22.7 Å². The highest BCUT2D eigenvalue weighted by atomic mass is 32.2. The summed E-state index contributed by atoms with van der Waals surface area (Å²) in [6.07, 6.45) is 1.65. The Hall–Kier alpha value is -3.58. The largest absolute Gasteiger partial charge is 0.452 e. The van der Waals surface area contributed by atoms with Crippen molar-refractivity contribution in [3.05, 3.63) is 89.5 Å². The summed E-state index contributed by atoms with van der Waals surface area (Å²) in [6, 6.07) is 22.6. The van der Waals surface area contributed by atoms with Crippen molar-refractivity contribution in [2.24, 2.45) is 0 Å². The van der Waals surface area contributed by atoms with Gasteiger partial charge >= 0.3 is 5.97 Å². The smallest absolute Gasteiger partial charge is 0.339 e.